The lowest BCUT2D eigenvalue weighted by Gasteiger charge is -2.22. The van der Waals surface area contributed by atoms with Crippen molar-refractivity contribution in [3.8, 4) is 11.3 Å². The molecule has 1 N–H and O–H groups in total. The molecule has 0 spiro atoms. The molecule has 0 amide bonds. The largest absolute Gasteiger partial charge is 0.365 e. The van der Waals surface area contributed by atoms with Crippen LogP contribution in [0.5, 0.6) is 0 Å². The van der Waals surface area contributed by atoms with Gasteiger partial charge in [0.2, 0.25) is 0 Å². The van der Waals surface area contributed by atoms with Crippen molar-refractivity contribution in [2.75, 3.05) is 5.32 Å². The van der Waals surface area contributed by atoms with E-state index in [2.05, 4.69) is 77.9 Å². The second-order valence-corrected chi connectivity index (χ2v) is 7.05. The Morgan fingerprint density at radius 1 is 1.00 bits per heavy atom. The van der Waals surface area contributed by atoms with E-state index in [9.17, 15) is 0 Å². The second-order valence-electron chi connectivity index (χ2n) is 7.05. The van der Waals surface area contributed by atoms with Crippen LogP contribution in [0.15, 0.2) is 61.1 Å². The third-order valence-electron chi connectivity index (χ3n) is 3.95. The summed E-state index contributed by atoms with van der Waals surface area (Å²) in [4.78, 5) is 9.01. The number of benzene rings is 2. The first kappa shape index (κ1) is 14.7. The van der Waals surface area contributed by atoms with Gasteiger partial charge in [0.05, 0.1) is 6.20 Å². The van der Waals surface area contributed by atoms with Crippen LogP contribution in [-0.2, 0) is 0 Å². The van der Waals surface area contributed by atoms with Gasteiger partial charge in [-0.25, -0.2) is 4.98 Å². The van der Waals surface area contributed by atoms with Gasteiger partial charge in [-0.2, -0.15) is 0 Å². The zero-order valence-corrected chi connectivity index (χ0v) is 14.1. The van der Waals surface area contributed by atoms with Crippen molar-refractivity contribution in [2.45, 2.75) is 26.3 Å². The Morgan fingerprint density at radius 2 is 1.79 bits per heavy atom. The fraction of sp³-hybridized carbons (Fsp3) is 0.200. The third kappa shape index (κ3) is 2.60. The molecule has 0 aliphatic rings. The molecule has 0 saturated carbocycles. The molecule has 0 bridgehead atoms. The molecule has 0 unspecified atom stereocenters. The van der Waals surface area contributed by atoms with Crippen LogP contribution in [-0.4, -0.2) is 19.9 Å². The highest BCUT2D eigenvalue weighted by Crippen LogP contribution is 2.32. The summed E-state index contributed by atoms with van der Waals surface area (Å²) in [6.07, 6.45) is 5.52. The van der Waals surface area contributed by atoms with Gasteiger partial charge in [-0.05, 0) is 37.6 Å². The number of fused-ring (bicyclic) bond motifs is 2. The van der Waals surface area contributed by atoms with Crippen molar-refractivity contribution in [1.29, 1.82) is 0 Å². The van der Waals surface area contributed by atoms with Crippen LogP contribution in [0.1, 0.15) is 20.8 Å². The van der Waals surface area contributed by atoms with Crippen LogP contribution in [0.4, 0.5) is 5.82 Å². The molecule has 4 nitrogen and oxygen atoms in total. The Labute approximate surface area is 141 Å². The molecule has 2 aromatic heterocycles. The molecule has 2 heterocycles. The lowest BCUT2D eigenvalue weighted by molar-refractivity contribution is 0.629. The number of anilines is 1. The van der Waals surface area contributed by atoms with Gasteiger partial charge in [-0.1, -0.05) is 36.4 Å². The minimum atomic E-state index is -0.0647. The van der Waals surface area contributed by atoms with Crippen LogP contribution in [0.3, 0.4) is 0 Å². The number of nitrogens with one attached hydrogen (secondary N) is 1. The second kappa shape index (κ2) is 5.34. The van der Waals surface area contributed by atoms with Gasteiger partial charge < -0.3 is 5.32 Å². The Morgan fingerprint density at radius 3 is 2.58 bits per heavy atom. The SMILES string of the molecule is CC(C)(C)Nc1c(-c2ccc3ccccc3c2)nc2cnccn12. The maximum atomic E-state index is 4.81. The molecule has 0 atom stereocenters. The van der Waals surface area contributed by atoms with Crippen LogP contribution >= 0.6 is 0 Å². The number of hydrogen-bond donors (Lipinski definition) is 1. The van der Waals surface area contributed by atoms with Gasteiger partial charge >= 0.3 is 0 Å². The average Bonchev–Trinajstić information content (AvgIpc) is 2.91. The molecular formula is C20H20N4. The maximum absolute atomic E-state index is 4.81. The van der Waals surface area contributed by atoms with Crippen molar-refractivity contribution >= 4 is 22.2 Å². The zero-order valence-electron chi connectivity index (χ0n) is 14.1. The highest BCUT2D eigenvalue weighted by atomic mass is 15.2. The summed E-state index contributed by atoms with van der Waals surface area (Å²) in [5.41, 5.74) is 2.82. The Hall–Kier alpha value is -2.88. The van der Waals surface area contributed by atoms with Crippen LogP contribution in [0.25, 0.3) is 27.7 Å². The predicted molar refractivity (Wildman–Crippen MR) is 99.3 cm³/mol. The number of aromatic nitrogens is 3. The highest BCUT2D eigenvalue weighted by molar-refractivity contribution is 5.89. The van der Waals surface area contributed by atoms with E-state index in [1.165, 1.54) is 10.8 Å². The van der Waals surface area contributed by atoms with Crippen molar-refractivity contribution < 1.29 is 0 Å². The van der Waals surface area contributed by atoms with Crippen molar-refractivity contribution in [3.05, 3.63) is 61.1 Å². The molecule has 24 heavy (non-hydrogen) atoms. The van der Waals surface area contributed by atoms with E-state index < -0.39 is 0 Å². The van der Waals surface area contributed by atoms with Gasteiger partial charge in [-0.15, -0.1) is 0 Å². The lowest BCUT2D eigenvalue weighted by atomic mass is 10.0. The summed E-state index contributed by atoms with van der Waals surface area (Å²) in [7, 11) is 0. The van der Waals surface area contributed by atoms with E-state index >= 15 is 0 Å². The lowest BCUT2D eigenvalue weighted by Crippen LogP contribution is -2.27. The minimum Gasteiger partial charge on any atom is -0.365 e. The van der Waals surface area contributed by atoms with Crippen molar-refractivity contribution in [1.82, 2.24) is 14.4 Å². The molecule has 0 fully saturated rings. The molecule has 120 valence electrons. The topological polar surface area (TPSA) is 42.2 Å². The molecule has 0 aliphatic heterocycles. The van der Waals surface area contributed by atoms with E-state index in [0.29, 0.717) is 0 Å². The summed E-state index contributed by atoms with van der Waals surface area (Å²) in [5.74, 6) is 0.996. The summed E-state index contributed by atoms with van der Waals surface area (Å²) in [6, 6.07) is 14.9. The average molecular weight is 316 g/mol. The standard InChI is InChI=1S/C20H20N4/c1-20(2,3)23-19-18(22-17-13-21-10-11-24(17)19)16-9-8-14-6-4-5-7-15(14)12-16/h4-13,23H,1-3H3. The summed E-state index contributed by atoms with van der Waals surface area (Å²) in [6.45, 7) is 6.45. The molecular weight excluding hydrogens is 296 g/mol. The van der Waals surface area contributed by atoms with E-state index in [1.54, 1.807) is 12.4 Å². The number of hydrogen-bond acceptors (Lipinski definition) is 3. The smallest absolute Gasteiger partial charge is 0.157 e. The van der Waals surface area contributed by atoms with Crippen molar-refractivity contribution in [3.63, 3.8) is 0 Å². The normalized spacial score (nSPS) is 12.0. The Balaban J connectivity index is 1.95. The van der Waals surface area contributed by atoms with Gasteiger partial charge in [0.15, 0.2) is 5.65 Å². The fourth-order valence-corrected chi connectivity index (χ4v) is 2.92. The number of rotatable bonds is 2. The van der Waals surface area contributed by atoms with Gasteiger partial charge in [0, 0.05) is 23.5 Å². The highest BCUT2D eigenvalue weighted by Gasteiger charge is 2.19. The van der Waals surface area contributed by atoms with Gasteiger partial charge in [0.25, 0.3) is 0 Å². The van der Waals surface area contributed by atoms with Crippen molar-refractivity contribution in [2.24, 2.45) is 0 Å². The van der Waals surface area contributed by atoms with Crippen LogP contribution in [0.2, 0.25) is 0 Å². The van der Waals surface area contributed by atoms with Crippen LogP contribution in [0, 0.1) is 0 Å². The molecule has 0 aliphatic carbocycles. The fourth-order valence-electron chi connectivity index (χ4n) is 2.92. The maximum Gasteiger partial charge on any atom is 0.157 e. The van der Waals surface area contributed by atoms with E-state index in [4.69, 9.17) is 4.98 Å². The molecule has 4 rings (SSSR count). The molecule has 4 heteroatoms. The van der Waals surface area contributed by atoms with E-state index in [0.717, 1.165) is 22.7 Å². The number of imidazole rings is 1. The predicted octanol–water partition coefficient (Wildman–Crippen LogP) is 4.76. The molecule has 0 saturated heterocycles. The van der Waals surface area contributed by atoms with Crippen LogP contribution < -0.4 is 5.32 Å². The summed E-state index contributed by atoms with van der Waals surface area (Å²) < 4.78 is 2.06. The minimum absolute atomic E-state index is 0.0647. The van der Waals surface area contributed by atoms with Gasteiger partial charge in [-0.3, -0.25) is 9.38 Å². The molecule has 0 radical (unpaired) electrons. The molecule has 2 aromatic carbocycles. The number of nitrogens with zero attached hydrogens (tertiary/aromatic N) is 3. The van der Waals surface area contributed by atoms with Gasteiger partial charge in [0.1, 0.15) is 11.5 Å². The Bertz CT molecular complexity index is 1020. The van der Waals surface area contributed by atoms with E-state index in [1.807, 2.05) is 6.20 Å². The molecule has 4 aromatic rings. The first-order valence-corrected chi connectivity index (χ1v) is 8.11. The first-order valence-electron chi connectivity index (χ1n) is 8.11. The monoisotopic (exact) mass is 316 g/mol. The quantitative estimate of drug-likeness (QED) is 0.580. The summed E-state index contributed by atoms with van der Waals surface area (Å²) in [5, 5.41) is 6.04. The zero-order chi connectivity index (χ0) is 16.7. The first-order chi connectivity index (χ1) is 11.5. The Kier molecular flexibility index (Phi) is 3.27. The van der Waals surface area contributed by atoms with E-state index in [-0.39, 0.29) is 5.54 Å². The summed E-state index contributed by atoms with van der Waals surface area (Å²) >= 11 is 0. The third-order valence-corrected chi connectivity index (χ3v) is 3.95.